The molecule has 0 spiro atoms. The standard InChI is InChI=1S/C14H18F2N2O2/c1-2-3-4-8-17-12(19)9-13(20)18-14-10(15)6-5-7-11(14)16/h5-7H,2-4,8-9H2,1H3,(H,17,19)(H,18,20). The molecule has 2 N–H and O–H groups in total. The molecule has 0 saturated heterocycles. The molecule has 2 amide bonds. The molecule has 0 saturated carbocycles. The van der Waals surface area contributed by atoms with E-state index in [1.54, 1.807) is 0 Å². The lowest BCUT2D eigenvalue weighted by Gasteiger charge is -2.08. The predicted molar refractivity (Wildman–Crippen MR) is 72.1 cm³/mol. The number of hydrogen-bond acceptors (Lipinski definition) is 2. The topological polar surface area (TPSA) is 58.2 Å². The van der Waals surface area contributed by atoms with Crippen LogP contribution < -0.4 is 10.6 Å². The van der Waals surface area contributed by atoms with E-state index in [0.717, 1.165) is 31.4 Å². The van der Waals surface area contributed by atoms with Crippen molar-refractivity contribution in [3.63, 3.8) is 0 Å². The van der Waals surface area contributed by atoms with Gasteiger partial charge in [0.15, 0.2) is 0 Å². The van der Waals surface area contributed by atoms with Crippen LogP contribution in [0, 0.1) is 11.6 Å². The molecule has 0 aliphatic rings. The van der Waals surface area contributed by atoms with Gasteiger partial charge in [-0.2, -0.15) is 0 Å². The van der Waals surface area contributed by atoms with Crippen LogP contribution in [-0.4, -0.2) is 18.4 Å². The summed E-state index contributed by atoms with van der Waals surface area (Å²) in [4.78, 5) is 22.9. The van der Waals surface area contributed by atoms with Gasteiger partial charge in [-0.05, 0) is 18.6 Å². The summed E-state index contributed by atoms with van der Waals surface area (Å²) in [7, 11) is 0. The number of nitrogens with one attached hydrogen (secondary N) is 2. The zero-order chi connectivity index (χ0) is 15.0. The Hall–Kier alpha value is -1.98. The van der Waals surface area contributed by atoms with Crippen LogP contribution in [0.1, 0.15) is 32.6 Å². The SMILES string of the molecule is CCCCCNC(=O)CC(=O)Nc1c(F)cccc1F. The lowest BCUT2D eigenvalue weighted by molar-refractivity contribution is -0.126. The molecule has 4 nitrogen and oxygen atoms in total. The van der Waals surface area contributed by atoms with Crippen molar-refractivity contribution in [1.29, 1.82) is 0 Å². The van der Waals surface area contributed by atoms with Crippen LogP contribution in [0.15, 0.2) is 18.2 Å². The lowest BCUT2D eigenvalue weighted by atomic mass is 10.2. The number of halogens is 2. The Labute approximate surface area is 116 Å². The smallest absolute Gasteiger partial charge is 0.233 e. The van der Waals surface area contributed by atoms with Gasteiger partial charge in [-0.3, -0.25) is 9.59 Å². The van der Waals surface area contributed by atoms with E-state index in [9.17, 15) is 18.4 Å². The van der Waals surface area contributed by atoms with Gasteiger partial charge in [0.1, 0.15) is 23.7 Å². The first-order valence-electron chi connectivity index (χ1n) is 6.55. The predicted octanol–water partition coefficient (Wildman–Crippen LogP) is 2.60. The minimum Gasteiger partial charge on any atom is -0.356 e. The quantitative estimate of drug-likeness (QED) is 0.597. The third-order valence-corrected chi connectivity index (χ3v) is 2.65. The van der Waals surface area contributed by atoms with Crippen LogP contribution in [0.2, 0.25) is 0 Å². The molecule has 1 aromatic rings. The van der Waals surface area contributed by atoms with Gasteiger partial charge in [0.25, 0.3) is 0 Å². The Kier molecular flexibility index (Phi) is 6.63. The Morgan fingerprint density at radius 2 is 1.75 bits per heavy atom. The van der Waals surface area contributed by atoms with Gasteiger partial charge in [0, 0.05) is 6.54 Å². The Morgan fingerprint density at radius 1 is 1.10 bits per heavy atom. The maximum atomic E-state index is 13.3. The van der Waals surface area contributed by atoms with Crippen molar-refractivity contribution in [2.45, 2.75) is 32.6 Å². The number of hydrogen-bond donors (Lipinski definition) is 2. The van der Waals surface area contributed by atoms with Gasteiger partial charge in [-0.25, -0.2) is 8.78 Å². The van der Waals surface area contributed by atoms with Crippen molar-refractivity contribution in [3.05, 3.63) is 29.8 Å². The summed E-state index contributed by atoms with van der Waals surface area (Å²) in [5.74, 6) is -2.96. The molecule has 1 aromatic carbocycles. The van der Waals surface area contributed by atoms with E-state index >= 15 is 0 Å². The molecule has 0 aromatic heterocycles. The number of amides is 2. The average molecular weight is 284 g/mol. The van der Waals surface area contributed by atoms with E-state index in [-0.39, 0.29) is 0 Å². The number of rotatable bonds is 7. The number of anilines is 1. The number of carbonyl (C=O) groups is 2. The summed E-state index contributed by atoms with van der Waals surface area (Å²) in [5.41, 5.74) is -0.531. The van der Waals surface area contributed by atoms with Gasteiger partial charge >= 0.3 is 0 Å². The van der Waals surface area contributed by atoms with Crippen molar-refractivity contribution >= 4 is 17.5 Å². The lowest BCUT2D eigenvalue weighted by Crippen LogP contribution is -2.29. The largest absolute Gasteiger partial charge is 0.356 e. The number of unbranched alkanes of at least 4 members (excludes halogenated alkanes) is 2. The number of benzene rings is 1. The van der Waals surface area contributed by atoms with E-state index in [1.807, 2.05) is 6.92 Å². The fraction of sp³-hybridized carbons (Fsp3) is 0.429. The van der Waals surface area contributed by atoms with Crippen LogP contribution in [0.4, 0.5) is 14.5 Å². The zero-order valence-electron chi connectivity index (χ0n) is 11.3. The molecule has 6 heteroatoms. The van der Waals surface area contributed by atoms with E-state index < -0.39 is 35.6 Å². The van der Waals surface area contributed by atoms with Crippen molar-refractivity contribution in [3.8, 4) is 0 Å². The average Bonchev–Trinajstić information content (AvgIpc) is 2.39. The van der Waals surface area contributed by atoms with Gasteiger partial charge < -0.3 is 10.6 Å². The first-order valence-corrected chi connectivity index (χ1v) is 6.55. The normalized spacial score (nSPS) is 10.2. The highest BCUT2D eigenvalue weighted by atomic mass is 19.1. The fourth-order valence-corrected chi connectivity index (χ4v) is 1.61. The first kappa shape index (κ1) is 16.1. The molecule has 0 radical (unpaired) electrons. The van der Waals surface area contributed by atoms with Crippen LogP contribution in [0.3, 0.4) is 0 Å². The highest BCUT2D eigenvalue weighted by molar-refractivity contribution is 6.03. The summed E-state index contributed by atoms with van der Waals surface area (Å²) in [6.45, 7) is 2.53. The number of para-hydroxylation sites is 1. The highest BCUT2D eigenvalue weighted by Gasteiger charge is 2.14. The summed E-state index contributed by atoms with van der Waals surface area (Å²) in [6, 6.07) is 3.26. The van der Waals surface area contributed by atoms with Gasteiger partial charge in [0.2, 0.25) is 11.8 Å². The fourth-order valence-electron chi connectivity index (χ4n) is 1.61. The zero-order valence-corrected chi connectivity index (χ0v) is 11.3. The van der Waals surface area contributed by atoms with E-state index in [1.165, 1.54) is 6.07 Å². The van der Waals surface area contributed by atoms with Gasteiger partial charge in [-0.1, -0.05) is 25.8 Å². The molecule has 110 valence electrons. The van der Waals surface area contributed by atoms with Crippen LogP contribution >= 0.6 is 0 Å². The van der Waals surface area contributed by atoms with Crippen molar-refractivity contribution in [2.75, 3.05) is 11.9 Å². The maximum Gasteiger partial charge on any atom is 0.233 e. The second kappa shape index (κ2) is 8.24. The highest BCUT2D eigenvalue weighted by Crippen LogP contribution is 2.17. The molecule has 0 heterocycles. The third-order valence-electron chi connectivity index (χ3n) is 2.65. The second-order valence-corrected chi connectivity index (χ2v) is 4.38. The van der Waals surface area contributed by atoms with Crippen LogP contribution in [-0.2, 0) is 9.59 Å². The maximum absolute atomic E-state index is 13.3. The van der Waals surface area contributed by atoms with Crippen molar-refractivity contribution in [1.82, 2.24) is 5.32 Å². The summed E-state index contributed by atoms with van der Waals surface area (Å²) in [6.07, 6.45) is 2.40. The minimum absolute atomic E-state index is 0.458. The van der Waals surface area contributed by atoms with E-state index in [0.29, 0.717) is 6.54 Å². The summed E-state index contributed by atoms with van der Waals surface area (Å²) in [5, 5.41) is 4.64. The molecule has 0 unspecified atom stereocenters. The molecule has 1 rings (SSSR count). The molecule has 0 aliphatic heterocycles. The first-order chi connectivity index (χ1) is 9.54. The number of carbonyl (C=O) groups excluding carboxylic acids is 2. The van der Waals surface area contributed by atoms with Gasteiger partial charge in [0.05, 0.1) is 0 Å². The summed E-state index contributed by atoms with van der Waals surface area (Å²) >= 11 is 0. The van der Waals surface area contributed by atoms with Crippen LogP contribution in [0.25, 0.3) is 0 Å². The molecule has 0 bridgehead atoms. The monoisotopic (exact) mass is 284 g/mol. The molecular weight excluding hydrogens is 266 g/mol. The van der Waals surface area contributed by atoms with Crippen molar-refractivity contribution in [2.24, 2.45) is 0 Å². The van der Waals surface area contributed by atoms with Gasteiger partial charge in [-0.15, -0.1) is 0 Å². The van der Waals surface area contributed by atoms with Crippen LogP contribution in [0.5, 0.6) is 0 Å². The molecular formula is C14H18F2N2O2. The molecule has 0 aliphatic carbocycles. The van der Waals surface area contributed by atoms with E-state index in [2.05, 4.69) is 10.6 Å². The third kappa shape index (κ3) is 5.34. The second-order valence-electron chi connectivity index (χ2n) is 4.38. The Morgan fingerprint density at radius 3 is 2.35 bits per heavy atom. The molecule has 0 fully saturated rings. The molecule has 0 atom stereocenters. The minimum atomic E-state index is -0.873. The molecule has 20 heavy (non-hydrogen) atoms. The Bertz CT molecular complexity index is 458. The van der Waals surface area contributed by atoms with E-state index in [4.69, 9.17) is 0 Å². The Balaban J connectivity index is 2.42. The van der Waals surface area contributed by atoms with Crippen molar-refractivity contribution < 1.29 is 18.4 Å². The summed E-state index contributed by atoms with van der Waals surface area (Å²) < 4.78 is 26.6.